The highest BCUT2D eigenvalue weighted by atomic mass is 16.2. The molecule has 32 heavy (non-hydrogen) atoms. The molecule has 2 aromatic carbocycles. The van der Waals surface area contributed by atoms with E-state index in [0.717, 1.165) is 54.1 Å². The summed E-state index contributed by atoms with van der Waals surface area (Å²) in [5.41, 5.74) is 6.23. The number of likely N-dealkylation sites (N-methyl/N-ethyl adjacent to an activating group) is 1. The first-order chi connectivity index (χ1) is 15.5. The lowest BCUT2D eigenvalue weighted by atomic mass is 9.85. The van der Waals surface area contributed by atoms with Crippen LogP contribution in [-0.4, -0.2) is 36.6 Å². The van der Waals surface area contributed by atoms with Crippen LogP contribution in [0.4, 0.5) is 5.69 Å². The summed E-state index contributed by atoms with van der Waals surface area (Å²) < 4.78 is 0. The summed E-state index contributed by atoms with van der Waals surface area (Å²) in [6.07, 6.45) is 6.50. The third-order valence-corrected chi connectivity index (χ3v) is 6.77. The van der Waals surface area contributed by atoms with E-state index in [2.05, 4.69) is 24.4 Å². The number of hydrogen-bond donors (Lipinski definition) is 3. The van der Waals surface area contributed by atoms with Gasteiger partial charge in [0.15, 0.2) is 0 Å². The monoisotopic (exact) mass is 431 g/mol. The summed E-state index contributed by atoms with van der Waals surface area (Å²) in [6.45, 7) is 4.62. The van der Waals surface area contributed by atoms with Crippen LogP contribution in [0.15, 0.2) is 36.4 Å². The molecule has 0 saturated heterocycles. The summed E-state index contributed by atoms with van der Waals surface area (Å²) >= 11 is 0. The van der Waals surface area contributed by atoms with Gasteiger partial charge in [0.1, 0.15) is 5.84 Å². The van der Waals surface area contributed by atoms with Gasteiger partial charge in [-0.25, -0.2) is 0 Å². The third-order valence-electron chi connectivity index (χ3n) is 6.77. The Hall–Kier alpha value is -2.99. The number of benzene rings is 2. The zero-order chi connectivity index (χ0) is 22.7. The molecular formula is C26H33N5O. The van der Waals surface area contributed by atoms with Crippen molar-refractivity contribution < 1.29 is 4.79 Å². The molecule has 168 valence electrons. The normalized spacial score (nSPS) is 15.4. The van der Waals surface area contributed by atoms with Gasteiger partial charge in [0.2, 0.25) is 0 Å². The maximum atomic E-state index is 13.4. The number of carbonyl (C=O) groups excluding carboxylic acids is 1. The quantitative estimate of drug-likeness (QED) is 0.407. The first kappa shape index (κ1) is 22.2. The molecule has 1 heterocycles. The first-order valence-corrected chi connectivity index (χ1v) is 11.6. The van der Waals surface area contributed by atoms with E-state index in [1.54, 1.807) is 7.05 Å². The molecule has 0 bridgehead atoms. The van der Waals surface area contributed by atoms with Crippen LogP contribution in [0.1, 0.15) is 58.8 Å². The lowest BCUT2D eigenvalue weighted by Gasteiger charge is -2.25. The van der Waals surface area contributed by atoms with Crippen LogP contribution >= 0.6 is 0 Å². The Morgan fingerprint density at radius 3 is 2.75 bits per heavy atom. The van der Waals surface area contributed by atoms with Crippen molar-refractivity contribution in [3.63, 3.8) is 0 Å². The number of nitrogens with zero attached hydrogens (tertiary/aromatic N) is 2. The van der Waals surface area contributed by atoms with E-state index in [1.165, 1.54) is 35.3 Å². The lowest BCUT2D eigenvalue weighted by molar-refractivity contribution is 0.0996. The smallest absolute Gasteiger partial charge is 0.258 e. The molecule has 2 aromatic rings. The van der Waals surface area contributed by atoms with E-state index in [4.69, 9.17) is 10.8 Å². The molecule has 0 radical (unpaired) electrons. The van der Waals surface area contributed by atoms with Gasteiger partial charge in [0.05, 0.1) is 12.9 Å². The van der Waals surface area contributed by atoms with Crippen LogP contribution in [0, 0.1) is 16.7 Å². The summed E-state index contributed by atoms with van der Waals surface area (Å²) in [5.74, 6) is 1.22. The molecule has 0 spiro atoms. The molecule has 6 heteroatoms. The summed E-state index contributed by atoms with van der Waals surface area (Å²) in [4.78, 5) is 16.7. The minimum Gasteiger partial charge on any atom is -0.325 e. The van der Waals surface area contributed by atoms with E-state index in [-0.39, 0.29) is 5.91 Å². The number of fused-ring (bicyclic) bond motifs is 1. The average molecular weight is 432 g/mol. The molecule has 3 N–H and O–H groups in total. The number of aryl methyl sites for hydroxylation is 1. The molecule has 6 nitrogen and oxygen atoms in total. The van der Waals surface area contributed by atoms with E-state index in [9.17, 15) is 4.79 Å². The van der Waals surface area contributed by atoms with Gasteiger partial charge in [0.25, 0.3) is 5.91 Å². The van der Waals surface area contributed by atoms with Crippen molar-refractivity contribution >= 4 is 23.8 Å². The van der Waals surface area contributed by atoms with Crippen LogP contribution < -0.4 is 10.2 Å². The average Bonchev–Trinajstić information content (AvgIpc) is 3.11. The van der Waals surface area contributed by atoms with Crippen molar-refractivity contribution in [1.82, 2.24) is 10.2 Å². The summed E-state index contributed by atoms with van der Waals surface area (Å²) in [7, 11) is 1.70. The van der Waals surface area contributed by atoms with Crippen LogP contribution in [0.3, 0.4) is 0 Å². The van der Waals surface area contributed by atoms with E-state index in [0.29, 0.717) is 18.8 Å². The fourth-order valence-corrected chi connectivity index (χ4v) is 4.52. The fourth-order valence-electron chi connectivity index (χ4n) is 4.52. The standard InChI is InChI=1S/C26H33N5O/c1-3-21-10-20(15-29-14-18-6-4-7-18)12-23-24(21)16-31(26(23)32)22-9-5-8-19(11-22)13-25(28)30(2)17-27/h5,8-12,17-18,27-29H,3-4,6-7,13-16H2,1-2H3. The minimum absolute atomic E-state index is 0.0550. The van der Waals surface area contributed by atoms with Crippen molar-refractivity contribution in [3.05, 3.63) is 64.2 Å². The Morgan fingerprint density at radius 2 is 2.06 bits per heavy atom. The van der Waals surface area contributed by atoms with E-state index < -0.39 is 0 Å². The number of anilines is 1. The second-order valence-corrected chi connectivity index (χ2v) is 8.99. The maximum absolute atomic E-state index is 13.4. The second kappa shape index (κ2) is 9.65. The molecule has 4 rings (SSSR count). The Balaban J connectivity index is 1.51. The Bertz CT molecular complexity index is 1030. The fraction of sp³-hybridized carbons (Fsp3) is 0.423. The van der Waals surface area contributed by atoms with Gasteiger partial charge in [-0.3, -0.25) is 15.6 Å². The highest BCUT2D eigenvalue weighted by Crippen LogP contribution is 2.32. The van der Waals surface area contributed by atoms with Crippen molar-refractivity contribution in [2.24, 2.45) is 5.92 Å². The van der Waals surface area contributed by atoms with Crippen molar-refractivity contribution in [1.29, 1.82) is 10.8 Å². The topological polar surface area (TPSA) is 83.3 Å². The van der Waals surface area contributed by atoms with Crippen LogP contribution in [-0.2, 0) is 25.9 Å². The largest absolute Gasteiger partial charge is 0.325 e. The third kappa shape index (κ3) is 4.60. The van der Waals surface area contributed by atoms with Gasteiger partial charge < -0.3 is 15.1 Å². The van der Waals surface area contributed by atoms with Crippen molar-refractivity contribution in [2.45, 2.75) is 52.1 Å². The Labute approximate surface area is 190 Å². The van der Waals surface area contributed by atoms with Gasteiger partial charge in [-0.05, 0) is 72.2 Å². The molecule has 1 fully saturated rings. The van der Waals surface area contributed by atoms with Gasteiger partial charge in [-0.15, -0.1) is 0 Å². The Kier molecular flexibility index (Phi) is 6.70. The number of hydrogen-bond acceptors (Lipinski definition) is 4. The highest BCUT2D eigenvalue weighted by Gasteiger charge is 2.31. The molecule has 1 aliphatic heterocycles. The molecular weight excluding hydrogens is 398 g/mol. The molecule has 1 saturated carbocycles. The van der Waals surface area contributed by atoms with E-state index in [1.807, 2.05) is 29.2 Å². The van der Waals surface area contributed by atoms with Gasteiger partial charge in [0, 0.05) is 31.3 Å². The summed E-state index contributed by atoms with van der Waals surface area (Å²) in [6, 6.07) is 12.2. The molecule has 0 atom stereocenters. The number of amides is 1. The van der Waals surface area contributed by atoms with Crippen LogP contribution in [0.25, 0.3) is 0 Å². The van der Waals surface area contributed by atoms with Crippen molar-refractivity contribution in [2.75, 3.05) is 18.5 Å². The molecule has 1 aliphatic carbocycles. The zero-order valence-corrected chi connectivity index (χ0v) is 19.1. The highest BCUT2D eigenvalue weighted by molar-refractivity contribution is 6.10. The summed E-state index contributed by atoms with van der Waals surface area (Å²) in [5, 5.41) is 19.0. The number of rotatable bonds is 9. The SMILES string of the molecule is CCc1cc(CNCC2CCC2)cc2c1CN(c1cccc(CC(=N)N(C)C=N)c1)C2=O. The second-order valence-electron chi connectivity index (χ2n) is 8.99. The predicted molar refractivity (Wildman–Crippen MR) is 130 cm³/mol. The van der Waals surface area contributed by atoms with Crippen LogP contribution in [0.5, 0.6) is 0 Å². The molecule has 1 amide bonds. The molecule has 0 aromatic heterocycles. The predicted octanol–water partition coefficient (Wildman–Crippen LogP) is 4.36. The van der Waals surface area contributed by atoms with Crippen molar-refractivity contribution in [3.8, 4) is 0 Å². The zero-order valence-electron chi connectivity index (χ0n) is 19.1. The van der Waals surface area contributed by atoms with Gasteiger partial charge >= 0.3 is 0 Å². The molecule has 0 unspecified atom stereocenters. The maximum Gasteiger partial charge on any atom is 0.258 e. The van der Waals surface area contributed by atoms with Gasteiger partial charge in [-0.2, -0.15) is 0 Å². The Morgan fingerprint density at radius 1 is 1.25 bits per heavy atom. The van der Waals surface area contributed by atoms with Gasteiger partial charge in [-0.1, -0.05) is 31.5 Å². The number of nitrogens with one attached hydrogen (secondary N) is 3. The first-order valence-electron chi connectivity index (χ1n) is 11.6. The lowest BCUT2D eigenvalue weighted by Crippen LogP contribution is -2.27. The van der Waals surface area contributed by atoms with E-state index >= 15 is 0 Å². The number of carbonyl (C=O) groups is 1. The minimum atomic E-state index is 0.0550. The number of amidine groups is 1. The van der Waals surface area contributed by atoms with Crippen LogP contribution in [0.2, 0.25) is 0 Å². The molecule has 2 aliphatic rings.